The van der Waals surface area contributed by atoms with Crippen molar-refractivity contribution in [2.45, 2.75) is 19.9 Å². The van der Waals surface area contributed by atoms with Crippen LogP contribution in [-0.4, -0.2) is 21.9 Å². The van der Waals surface area contributed by atoms with Gasteiger partial charge in [0.15, 0.2) is 0 Å². The summed E-state index contributed by atoms with van der Waals surface area (Å²) in [6.45, 7) is 2.00. The van der Waals surface area contributed by atoms with E-state index < -0.39 is 11.7 Å². The van der Waals surface area contributed by atoms with Crippen LogP contribution in [0.15, 0.2) is 27.1 Å². The van der Waals surface area contributed by atoms with Crippen LogP contribution >= 0.6 is 15.9 Å². The van der Waals surface area contributed by atoms with Gasteiger partial charge in [-0.2, -0.15) is 0 Å². The molecule has 3 rings (SSSR count). The van der Waals surface area contributed by atoms with Gasteiger partial charge in [0.1, 0.15) is 6.54 Å². The third kappa shape index (κ3) is 1.94. The Morgan fingerprint density at radius 2 is 2.00 bits per heavy atom. The molecule has 0 fully saturated rings. The Kier molecular flexibility index (Phi) is 3.13. The predicted molar refractivity (Wildman–Crippen MR) is 73.3 cm³/mol. The summed E-state index contributed by atoms with van der Waals surface area (Å²) in [5, 5.41) is 7.72. The fourth-order valence-corrected chi connectivity index (χ4v) is 2.62. The Morgan fingerprint density at radius 3 is 2.70 bits per heavy atom. The number of hydrogen-bond acceptors (Lipinski definition) is 5. The fraction of sp³-hybridized carbons (Fsp3) is 0.231. The number of anilines is 1. The first-order chi connectivity index (χ1) is 9.61. The van der Waals surface area contributed by atoms with Gasteiger partial charge in [0.05, 0.1) is 11.3 Å². The Bertz CT molecular complexity index is 711. The number of aryl methyl sites for hydroxylation is 1. The van der Waals surface area contributed by atoms with E-state index >= 15 is 0 Å². The molecule has 1 aliphatic heterocycles. The van der Waals surface area contributed by atoms with E-state index in [0.29, 0.717) is 33.9 Å². The minimum absolute atomic E-state index is 0.0982. The lowest BCUT2D eigenvalue weighted by Crippen LogP contribution is -2.29. The summed E-state index contributed by atoms with van der Waals surface area (Å²) < 4.78 is 5.99. The molecule has 1 amide bonds. The van der Waals surface area contributed by atoms with Crippen molar-refractivity contribution in [3.8, 4) is 0 Å². The average molecular weight is 336 g/mol. The highest BCUT2D eigenvalue weighted by Gasteiger charge is 2.38. The van der Waals surface area contributed by atoms with Gasteiger partial charge in [-0.1, -0.05) is 13.0 Å². The quantitative estimate of drug-likeness (QED) is 0.803. The second-order valence-corrected chi connectivity index (χ2v) is 5.15. The molecule has 0 unspecified atom stereocenters. The molecule has 0 atom stereocenters. The van der Waals surface area contributed by atoms with Crippen molar-refractivity contribution in [2.75, 3.05) is 4.90 Å². The molecule has 102 valence electrons. The maximum atomic E-state index is 12.1. The minimum atomic E-state index is -0.580. The van der Waals surface area contributed by atoms with Crippen molar-refractivity contribution in [3.05, 3.63) is 40.0 Å². The van der Waals surface area contributed by atoms with Gasteiger partial charge >= 0.3 is 0 Å². The van der Waals surface area contributed by atoms with Gasteiger partial charge in [-0.25, -0.2) is 0 Å². The smallest absolute Gasteiger partial charge is 0.299 e. The summed E-state index contributed by atoms with van der Waals surface area (Å²) in [6, 6.07) is 5.22. The van der Waals surface area contributed by atoms with E-state index in [4.69, 9.17) is 4.42 Å². The van der Waals surface area contributed by atoms with Crippen LogP contribution in [-0.2, 0) is 17.8 Å². The summed E-state index contributed by atoms with van der Waals surface area (Å²) in [6.07, 6.45) is 0.627. The largest absolute Gasteiger partial charge is 0.423 e. The molecule has 0 radical (unpaired) electrons. The van der Waals surface area contributed by atoms with Crippen LogP contribution in [0.2, 0.25) is 0 Å². The maximum absolute atomic E-state index is 12.1. The van der Waals surface area contributed by atoms with Crippen molar-refractivity contribution in [2.24, 2.45) is 0 Å². The molecular formula is C13H10BrN3O3. The second kappa shape index (κ2) is 4.82. The Balaban J connectivity index is 1.97. The van der Waals surface area contributed by atoms with Gasteiger partial charge in [0.25, 0.3) is 11.7 Å². The lowest BCUT2D eigenvalue weighted by Gasteiger charge is -2.13. The van der Waals surface area contributed by atoms with E-state index in [9.17, 15) is 9.59 Å². The summed E-state index contributed by atoms with van der Waals surface area (Å²) in [7, 11) is 0. The number of rotatable bonds is 3. The van der Waals surface area contributed by atoms with Crippen LogP contribution in [0.4, 0.5) is 5.69 Å². The number of nitrogens with zero attached hydrogens (tertiary/aromatic N) is 3. The number of hydrogen-bond donors (Lipinski definition) is 0. The van der Waals surface area contributed by atoms with Crippen molar-refractivity contribution >= 4 is 33.3 Å². The molecule has 0 saturated carbocycles. The highest BCUT2D eigenvalue weighted by atomic mass is 79.9. The zero-order valence-corrected chi connectivity index (χ0v) is 12.2. The number of aromatic nitrogens is 2. The minimum Gasteiger partial charge on any atom is -0.423 e. The zero-order chi connectivity index (χ0) is 14.3. The van der Waals surface area contributed by atoms with Gasteiger partial charge < -0.3 is 4.42 Å². The molecule has 1 aromatic heterocycles. The van der Waals surface area contributed by atoms with Gasteiger partial charge in [0.2, 0.25) is 11.8 Å². The van der Waals surface area contributed by atoms with Crippen LogP contribution < -0.4 is 4.90 Å². The van der Waals surface area contributed by atoms with Crippen molar-refractivity contribution in [3.63, 3.8) is 0 Å². The molecule has 1 aliphatic rings. The average Bonchev–Trinajstić information content (AvgIpc) is 2.99. The molecule has 0 aliphatic carbocycles. The Labute approximate surface area is 122 Å². The molecule has 1 aromatic carbocycles. The molecule has 0 bridgehead atoms. The monoisotopic (exact) mass is 335 g/mol. The Morgan fingerprint density at radius 1 is 1.25 bits per heavy atom. The number of carbonyl (C=O) groups is 2. The van der Waals surface area contributed by atoms with Crippen LogP contribution in [0.3, 0.4) is 0 Å². The summed E-state index contributed by atoms with van der Waals surface area (Å²) >= 11 is 3.29. The van der Waals surface area contributed by atoms with E-state index in [2.05, 4.69) is 26.1 Å². The van der Waals surface area contributed by atoms with E-state index in [-0.39, 0.29) is 6.54 Å². The molecule has 2 aromatic rings. The van der Waals surface area contributed by atoms with E-state index in [1.165, 1.54) is 4.90 Å². The van der Waals surface area contributed by atoms with Crippen LogP contribution in [0.25, 0.3) is 0 Å². The molecule has 6 nitrogen and oxygen atoms in total. The van der Waals surface area contributed by atoms with E-state index in [1.54, 1.807) is 18.2 Å². The Hall–Kier alpha value is -2.02. The molecule has 20 heavy (non-hydrogen) atoms. The maximum Gasteiger partial charge on any atom is 0.299 e. The number of ketones is 1. The molecule has 0 spiro atoms. The SMILES string of the molecule is CCc1nnc(CN2C(=O)C(=O)c3c(Br)cccc32)o1. The molecular weight excluding hydrogens is 326 g/mol. The summed E-state index contributed by atoms with van der Waals surface area (Å²) in [4.78, 5) is 25.4. The predicted octanol–water partition coefficient (Wildman–Crippen LogP) is 2.12. The van der Waals surface area contributed by atoms with Crippen molar-refractivity contribution in [1.29, 1.82) is 0 Å². The third-order valence-electron chi connectivity index (χ3n) is 3.05. The fourth-order valence-electron chi connectivity index (χ4n) is 2.09. The second-order valence-electron chi connectivity index (χ2n) is 4.30. The number of halogens is 1. The van der Waals surface area contributed by atoms with Crippen molar-refractivity contribution < 1.29 is 14.0 Å². The number of amides is 1. The number of carbonyl (C=O) groups excluding carboxylic acids is 2. The first kappa shape index (κ1) is 13.0. The van der Waals surface area contributed by atoms with E-state index in [1.807, 2.05) is 6.92 Å². The van der Waals surface area contributed by atoms with Crippen LogP contribution in [0.5, 0.6) is 0 Å². The molecule has 0 saturated heterocycles. The van der Waals surface area contributed by atoms with Crippen molar-refractivity contribution in [1.82, 2.24) is 10.2 Å². The van der Waals surface area contributed by atoms with Crippen LogP contribution in [0, 0.1) is 0 Å². The van der Waals surface area contributed by atoms with Gasteiger partial charge in [-0.15, -0.1) is 10.2 Å². The highest BCUT2D eigenvalue weighted by molar-refractivity contribution is 9.10. The van der Waals surface area contributed by atoms with Gasteiger partial charge in [-0.3, -0.25) is 14.5 Å². The van der Waals surface area contributed by atoms with Crippen LogP contribution in [0.1, 0.15) is 29.1 Å². The summed E-state index contributed by atoms with van der Waals surface area (Å²) in [5.41, 5.74) is 0.943. The van der Waals surface area contributed by atoms with E-state index in [0.717, 1.165) is 0 Å². The number of fused-ring (bicyclic) bond motifs is 1. The summed E-state index contributed by atoms with van der Waals surface area (Å²) in [5.74, 6) is -0.283. The molecule has 2 heterocycles. The third-order valence-corrected chi connectivity index (χ3v) is 3.71. The standard InChI is InChI=1S/C13H10BrN3O3/c1-2-9-15-16-10(20-9)6-17-8-5-3-4-7(14)11(8)12(18)13(17)19/h3-5H,2,6H2,1H3. The first-order valence-electron chi connectivity index (χ1n) is 6.07. The highest BCUT2D eigenvalue weighted by Crippen LogP contribution is 2.35. The molecule has 7 heteroatoms. The number of benzene rings is 1. The lowest BCUT2D eigenvalue weighted by atomic mass is 10.1. The lowest BCUT2D eigenvalue weighted by molar-refractivity contribution is -0.114. The van der Waals surface area contributed by atoms with Gasteiger partial charge in [-0.05, 0) is 28.1 Å². The van der Waals surface area contributed by atoms with Gasteiger partial charge in [0, 0.05) is 10.9 Å². The normalized spacial score (nSPS) is 14.0. The number of Topliss-reactive ketones (excluding diaryl/α,β-unsaturated/α-hetero) is 1. The topological polar surface area (TPSA) is 76.3 Å². The molecule has 0 N–H and O–H groups in total. The zero-order valence-electron chi connectivity index (χ0n) is 10.6. The first-order valence-corrected chi connectivity index (χ1v) is 6.87.